The van der Waals surface area contributed by atoms with Crippen LogP contribution in [-0.4, -0.2) is 5.78 Å². The highest BCUT2D eigenvalue weighted by molar-refractivity contribution is 7.21. The van der Waals surface area contributed by atoms with E-state index in [1.54, 1.807) is 17.4 Å². The van der Waals surface area contributed by atoms with E-state index < -0.39 is 0 Å². The van der Waals surface area contributed by atoms with Crippen LogP contribution in [0.15, 0.2) is 78.4 Å². The van der Waals surface area contributed by atoms with Gasteiger partial charge in [0.2, 0.25) is 0 Å². The van der Waals surface area contributed by atoms with E-state index in [2.05, 4.69) is 37.3 Å². The minimum Gasteiger partial charge on any atom is -0.288 e. The van der Waals surface area contributed by atoms with Crippen molar-refractivity contribution in [2.75, 3.05) is 0 Å². The maximum Gasteiger partial charge on any atom is 0.195 e. The lowest BCUT2D eigenvalue weighted by Crippen LogP contribution is -1.90. The fraction of sp³-hybridized carbons (Fsp3) is 0.208. The summed E-state index contributed by atoms with van der Waals surface area (Å²) in [7, 11) is 0. The molecule has 1 heterocycles. The average molecular weight is 361 g/mol. The molecule has 2 heteroatoms. The topological polar surface area (TPSA) is 17.1 Å². The van der Waals surface area contributed by atoms with Crippen LogP contribution in [0.2, 0.25) is 0 Å². The Kier molecular flexibility index (Phi) is 6.56. The molecule has 26 heavy (non-hydrogen) atoms. The van der Waals surface area contributed by atoms with E-state index in [-0.39, 0.29) is 5.78 Å². The van der Waals surface area contributed by atoms with E-state index in [9.17, 15) is 4.79 Å². The van der Waals surface area contributed by atoms with E-state index in [4.69, 9.17) is 0 Å². The van der Waals surface area contributed by atoms with Crippen molar-refractivity contribution in [1.82, 2.24) is 0 Å². The number of rotatable bonds is 8. The van der Waals surface area contributed by atoms with Crippen molar-refractivity contribution < 1.29 is 4.79 Å². The van der Waals surface area contributed by atoms with Gasteiger partial charge in [0, 0.05) is 4.70 Å². The summed E-state index contributed by atoms with van der Waals surface area (Å²) in [6.07, 6.45) is 10.5. The lowest BCUT2D eigenvalue weighted by atomic mass is 10.0. The molecular formula is C24H24OS. The lowest BCUT2D eigenvalue weighted by molar-refractivity contribution is 0.105. The van der Waals surface area contributed by atoms with Crippen LogP contribution in [-0.2, 0) is 0 Å². The van der Waals surface area contributed by atoms with Crippen LogP contribution in [0.4, 0.5) is 0 Å². The molecule has 3 rings (SSSR count). The summed E-state index contributed by atoms with van der Waals surface area (Å²) >= 11 is 1.56. The van der Waals surface area contributed by atoms with Gasteiger partial charge in [-0.2, -0.15) is 0 Å². The van der Waals surface area contributed by atoms with E-state index in [0.29, 0.717) is 0 Å². The second kappa shape index (κ2) is 9.30. The van der Waals surface area contributed by atoms with Gasteiger partial charge in [0.25, 0.3) is 0 Å². The van der Waals surface area contributed by atoms with Crippen molar-refractivity contribution in [3.8, 4) is 0 Å². The first kappa shape index (κ1) is 18.3. The van der Waals surface area contributed by atoms with Crippen LogP contribution in [0.1, 0.15) is 47.8 Å². The molecule has 0 saturated heterocycles. The molecule has 0 fully saturated rings. The fourth-order valence-electron chi connectivity index (χ4n) is 2.91. The summed E-state index contributed by atoms with van der Waals surface area (Å²) in [4.78, 5) is 13.4. The van der Waals surface area contributed by atoms with E-state index in [0.717, 1.165) is 27.8 Å². The third-order valence-electron chi connectivity index (χ3n) is 4.34. The Bertz CT molecular complexity index is 883. The van der Waals surface area contributed by atoms with Gasteiger partial charge in [0.1, 0.15) is 0 Å². The Hall–Kier alpha value is -2.45. The zero-order valence-electron chi connectivity index (χ0n) is 15.2. The normalized spacial score (nSPS) is 12.1. The number of carbonyl (C=O) groups excluding carboxylic acids is 1. The van der Waals surface area contributed by atoms with Gasteiger partial charge in [-0.25, -0.2) is 0 Å². The van der Waals surface area contributed by atoms with Gasteiger partial charge in [-0.3, -0.25) is 4.79 Å². The van der Waals surface area contributed by atoms with E-state index in [1.807, 2.05) is 42.5 Å². The molecule has 1 aromatic heterocycles. The first-order valence-corrected chi connectivity index (χ1v) is 10.0. The Morgan fingerprint density at radius 3 is 2.50 bits per heavy atom. The van der Waals surface area contributed by atoms with Gasteiger partial charge in [0.05, 0.1) is 4.88 Å². The Labute approximate surface area is 159 Å². The average Bonchev–Trinajstić information content (AvgIpc) is 3.11. The Morgan fingerprint density at radius 2 is 1.73 bits per heavy atom. The molecule has 0 aliphatic rings. The molecule has 0 aliphatic heterocycles. The van der Waals surface area contributed by atoms with Crippen molar-refractivity contribution >= 4 is 33.3 Å². The molecule has 0 amide bonds. The molecule has 0 unspecified atom stereocenters. The highest BCUT2D eigenvalue weighted by Gasteiger charge is 2.07. The number of thiophene rings is 1. The third-order valence-corrected chi connectivity index (χ3v) is 5.47. The second-order valence-electron chi connectivity index (χ2n) is 6.43. The van der Waals surface area contributed by atoms with Crippen LogP contribution < -0.4 is 0 Å². The summed E-state index contributed by atoms with van der Waals surface area (Å²) in [5.74, 6) is 0.0839. The molecular weight excluding hydrogens is 336 g/mol. The smallest absolute Gasteiger partial charge is 0.195 e. The van der Waals surface area contributed by atoms with Crippen LogP contribution in [0.3, 0.4) is 0 Å². The van der Waals surface area contributed by atoms with Crippen LogP contribution in [0.25, 0.3) is 16.2 Å². The predicted molar refractivity (Wildman–Crippen MR) is 114 cm³/mol. The molecule has 0 bridgehead atoms. The minimum atomic E-state index is 0.0839. The van der Waals surface area contributed by atoms with Crippen molar-refractivity contribution in [1.29, 1.82) is 0 Å². The van der Waals surface area contributed by atoms with Crippen molar-refractivity contribution in [2.24, 2.45) is 0 Å². The van der Waals surface area contributed by atoms with Gasteiger partial charge >= 0.3 is 0 Å². The standard InChI is InChI=1S/C24H24OS/c1-2-3-5-10-20(17-19-11-6-4-7-12-19)15-16-22(25)24-18-21-13-8-9-14-23(21)26-24/h4,6-9,11-18H,2-3,5,10H2,1H3/b16-15+,20-17+. The first-order chi connectivity index (χ1) is 12.8. The largest absolute Gasteiger partial charge is 0.288 e. The van der Waals surface area contributed by atoms with Crippen LogP contribution >= 0.6 is 11.3 Å². The van der Waals surface area contributed by atoms with Gasteiger partial charge in [-0.1, -0.05) is 80.4 Å². The Balaban J connectivity index is 1.78. The fourth-order valence-corrected chi connectivity index (χ4v) is 3.90. The summed E-state index contributed by atoms with van der Waals surface area (Å²) in [6.45, 7) is 2.21. The summed E-state index contributed by atoms with van der Waals surface area (Å²) in [6, 6.07) is 20.4. The number of fused-ring (bicyclic) bond motifs is 1. The van der Waals surface area contributed by atoms with Gasteiger partial charge in [0.15, 0.2) is 5.78 Å². The molecule has 3 aromatic rings. The van der Waals surface area contributed by atoms with E-state index in [1.165, 1.54) is 24.0 Å². The summed E-state index contributed by atoms with van der Waals surface area (Å²) in [5.41, 5.74) is 2.39. The molecule has 0 N–H and O–H groups in total. The molecule has 0 saturated carbocycles. The molecule has 2 aromatic carbocycles. The zero-order valence-corrected chi connectivity index (χ0v) is 16.0. The lowest BCUT2D eigenvalue weighted by Gasteiger charge is -2.03. The predicted octanol–water partition coefficient (Wildman–Crippen LogP) is 7.30. The number of hydrogen-bond donors (Lipinski definition) is 0. The number of benzene rings is 2. The van der Waals surface area contributed by atoms with Crippen LogP contribution in [0.5, 0.6) is 0 Å². The maximum absolute atomic E-state index is 12.6. The number of unbranched alkanes of at least 4 members (excludes halogenated alkanes) is 2. The SMILES string of the molecule is CCCCCC(/C=C/C(=O)c1cc2ccccc2s1)=C\c1ccccc1. The van der Waals surface area contributed by atoms with Gasteiger partial charge < -0.3 is 0 Å². The summed E-state index contributed by atoms with van der Waals surface area (Å²) in [5, 5.41) is 1.14. The molecule has 0 atom stereocenters. The second-order valence-corrected chi connectivity index (χ2v) is 7.52. The highest BCUT2D eigenvalue weighted by Crippen LogP contribution is 2.26. The molecule has 1 nitrogen and oxygen atoms in total. The summed E-state index contributed by atoms with van der Waals surface area (Å²) < 4.78 is 1.16. The van der Waals surface area contributed by atoms with Crippen molar-refractivity contribution in [3.05, 3.63) is 88.8 Å². The number of ketones is 1. The zero-order chi connectivity index (χ0) is 18.2. The Morgan fingerprint density at radius 1 is 0.962 bits per heavy atom. The third kappa shape index (κ3) is 5.03. The first-order valence-electron chi connectivity index (χ1n) is 9.23. The molecule has 0 spiro atoms. The minimum absolute atomic E-state index is 0.0839. The van der Waals surface area contributed by atoms with Gasteiger partial charge in [-0.15, -0.1) is 11.3 Å². The van der Waals surface area contributed by atoms with Crippen molar-refractivity contribution in [3.63, 3.8) is 0 Å². The van der Waals surface area contributed by atoms with E-state index >= 15 is 0 Å². The maximum atomic E-state index is 12.6. The highest BCUT2D eigenvalue weighted by atomic mass is 32.1. The van der Waals surface area contributed by atoms with Crippen molar-refractivity contribution in [2.45, 2.75) is 32.6 Å². The molecule has 0 radical (unpaired) electrons. The monoisotopic (exact) mass is 360 g/mol. The van der Waals surface area contributed by atoms with Crippen LogP contribution in [0, 0.1) is 0 Å². The molecule has 132 valence electrons. The number of carbonyl (C=O) groups is 1. The number of allylic oxidation sites excluding steroid dienone is 3. The quantitative estimate of drug-likeness (QED) is 0.178. The number of hydrogen-bond acceptors (Lipinski definition) is 2. The molecule has 0 aliphatic carbocycles. The van der Waals surface area contributed by atoms with Gasteiger partial charge in [-0.05, 0) is 47.6 Å².